The van der Waals surface area contributed by atoms with Crippen molar-refractivity contribution in [1.29, 1.82) is 0 Å². The van der Waals surface area contributed by atoms with Gasteiger partial charge in [0.1, 0.15) is 12.7 Å². The molecule has 0 atom stereocenters. The Morgan fingerprint density at radius 2 is 1.95 bits per heavy atom. The Morgan fingerprint density at radius 1 is 1.14 bits per heavy atom. The molecular weight excluding hydrogens is 386 g/mol. The average molecular weight is 390 g/mol. The van der Waals surface area contributed by atoms with Crippen LogP contribution in [0, 0.1) is 5.82 Å². The lowest BCUT2D eigenvalue weighted by Crippen LogP contribution is -2.05. The molecule has 0 saturated heterocycles. The minimum absolute atomic E-state index is 0.0485. The zero-order valence-electron chi connectivity index (χ0n) is 10.0. The van der Waals surface area contributed by atoms with E-state index in [0.29, 0.717) is 4.47 Å². The van der Waals surface area contributed by atoms with E-state index >= 15 is 0 Å². The predicted octanol–water partition coefficient (Wildman–Crippen LogP) is 3.33. The van der Waals surface area contributed by atoms with Crippen molar-refractivity contribution < 1.29 is 4.39 Å². The van der Waals surface area contributed by atoms with E-state index in [0.717, 1.165) is 0 Å². The molecule has 0 saturated carbocycles. The van der Waals surface area contributed by atoms with Crippen LogP contribution in [0.2, 0.25) is 10.3 Å². The minimum Gasteiger partial charge on any atom is -0.223 e. The van der Waals surface area contributed by atoms with Gasteiger partial charge in [-0.1, -0.05) is 11.6 Å². The summed E-state index contributed by atoms with van der Waals surface area (Å²) in [4.78, 5) is 15.7. The lowest BCUT2D eigenvalue weighted by Gasteiger charge is -2.06. The molecule has 3 rings (SSSR count). The molecule has 0 aliphatic carbocycles. The van der Waals surface area contributed by atoms with Gasteiger partial charge in [-0.05, 0) is 39.7 Å². The molecule has 106 valence electrons. The third-order valence-electron chi connectivity index (χ3n) is 2.50. The fourth-order valence-electron chi connectivity index (χ4n) is 1.57. The maximum Gasteiger partial charge on any atom is 0.256 e. The van der Waals surface area contributed by atoms with E-state index in [1.165, 1.54) is 23.4 Å². The van der Waals surface area contributed by atoms with Gasteiger partial charge in [0.05, 0.1) is 10.6 Å². The highest BCUT2D eigenvalue weighted by molar-refractivity contribution is 9.10. The Hall–Kier alpha value is -1.64. The first-order valence-corrected chi connectivity index (χ1v) is 7.01. The number of benzene rings is 1. The first kappa shape index (κ1) is 14.3. The van der Waals surface area contributed by atoms with Crippen LogP contribution in [0.25, 0.3) is 17.3 Å². The van der Waals surface area contributed by atoms with Gasteiger partial charge in [-0.3, -0.25) is 0 Å². The van der Waals surface area contributed by atoms with Gasteiger partial charge in [0.15, 0.2) is 11.6 Å². The maximum absolute atomic E-state index is 14.2. The SMILES string of the molecule is Fc1c(-c2nc(Cl)nc(-n3cncn3)n2)ccc(Br)c1Cl. The number of rotatable bonds is 2. The minimum atomic E-state index is -0.655. The van der Waals surface area contributed by atoms with Crippen molar-refractivity contribution in [1.82, 2.24) is 29.7 Å². The number of hydrogen-bond donors (Lipinski definition) is 0. The van der Waals surface area contributed by atoms with Crippen LogP contribution >= 0.6 is 39.1 Å². The standard InChI is InChI=1S/C11H4BrCl2FN6/c12-6-2-1-5(8(15)7(6)13)9-18-10(14)20-11(19-9)21-4-16-3-17-21/h1-4H. The second-order valence-electron chi connectivity index (χ2n) is 3.79. The van der Waals surface area contributed by atoms with Crippen LogP contribution in [0.1, 0.15) is 0 Å². The smallest absolute Gasteiger partial charge is 0.223 e. The highest BCUT2D eigenvalue weighted by atomic mass is 79.9. The van der Waals surface area contributed by atoms with Gasteiger partial charge in [0.25, 0.3) is 5.95 Å². The fraction of sp³-hybridized carbons (Fsp3) is 0. The van der Waals surface area contributed by atoms with Crippen molar-refractivity contribution in [3.05, 3.63) is 45.4 Å². The third kappa shape index (κ3) is 2.74. The Morgan fingerprint density at radius 3 is 2.67 bits per heavy atom. The predicted molar refractivity (Wildman–Crippen MR) is 77.9 cm³/mol. The van der Waals surface area contributed by atoms with Crippen molar-refractivity contribution in [2.75, 3.05) is 0 Å². The molecule has 0 fully saturated rings. The maximum atomic E-state index is 14.2. The zero-order chi connectivity index (χ0) is 15.0. The Labute approximate surface area is 136 Å². The summed E-state index contributed by atoms with van der Waals surface area (Å²) in [5.41, 5.74) is 0.105. The van der Waals surface area contributed by atoms with Crippen LogP contribution in [-0.4, -0.2) is 29.7 Å². The van der Waals surface area contributed by atoms with Crippen molar-refractivity contribution >= 4 is 39.1 Å². The molecular formula is C11H4BrCl2FN6. The van der Waals surface area contributed by atoms with Gasteiger partial charge in [-0.15, -0.1) is 0 Å². The van der Waals surface area contributed by atoms with Crippen molar-refractivity contribution in [2.45, 2.75) is 0 Å². The normalized spacial score (nSPS) is 10.9. The van der Waals surface area contributed by atoms with Gasteiger partial charge in [0.2, 0.25) is 5.28 Å². The molecule has 0 spiro atoms. The highest BCUT2D eigenvalue weighted by Crippen LogP contribution is 2.32. The average Bonchev–Trinajstić information content (AvgIpc) is 2.98. The number of hydrogen-bond acceptors (Lipinski definition) is 5. The van der Waals surface area contributed by atoms with E-state index in [4.69, 9.17) is 23.2 Å². The van der Waals surface area contributed by atoms with E-state index in [-0.39, 0.29) is 27.6 Å². The van der Waals surface area contributed by atoms with Crippen LogP contribution in [-0.2, 0) is 0 Å². The number of aromatic nitrogens is 6. The Bertz CT molecular complexity index is 811. The molecule has 0 N–H and O–H groups in total. The summed E-state index contributed by atoms with van der Waals surface area (Å²) in [6.07, 6.45) is 2.70. The van der Waals surface area contributed by atoms with Gasteiger partial charge in [-0.2, -0.15) is 24.7 Å². The van der Waals surface area contributed by atoms with Crippen LogP contribution in [0.3, 0.4) is 0 Å². The first-order valence-electron chi connectivity index (χ1n) is 5.46. The molecule has 1 aromatic carbocycles. The molecule has 21 heavy (non-hydrogen) atoms. The first-order chi connectivity index (χ1) is 10.1. The summed E-state index contributed by atoms with van der Waals surface area (Å²) in [6.45, 7) is 0. The Kier molecular flexibility index (Phi) is 3.83. The number of nitrogens with zero attached hydrogens (tertiary/aromatic N) is 6. The fourth-order valence-corrected chi connectivity index (χ4v) is 2.20. The van der Waals surface area contributed by atoms with Crippen molar-refractivity contribution in [3.8, 4) is 17.3 Å². The largest absolute Gasteiger partial charge is 0.256 e. The molecule has 2 aromatic heterocycles. The molecule has 2 heterocycles. The molecule has 0 bridgehead atoms. The second kappa shape index (κ2) is 5.63. The van der Waals surface area contributed by atoms with Crippen molar-refractivity contribution in [2.24, 2.45) is 0 Å². The lowest BCUT2D eigenvalue weighted by molar-refractivity contribution is 0.629. The molecule has 10 heteroatoms. The Balaban J connectivity index is 2.18. The number of halogens is 4. The van der Waals surface area contributed by atoms with Crippen LogP contribution in [0.4, 0.5) is 4.39 Å². The summed E-state index contributed by atoms with van der Waals surface area (Å²) in [6, 6.07) is 3.08. The summed E-state index contributed by atoms with van der Waals surface area (Å²) in [5, 5.41) is 3.73. The molecule has 3 aromatic rings. The molecule has 6 nitrogen and oxygen atoms in total. The topological polar surface area (TPSA) is 69.4 Å². The molecule has 0 amide bonds. The lowest BCUT2D eigenvalue weighted by atomic mass is 10.2. The van der Waals surface area contributed by atoms with E-state index in [1.807, 2.05) is 0 Å². The van der Waals surface area contributed by atoms with Crippen LogP contribution < -0.4 is 0 Å². The van der Waals surface area contributed by atoms with Gasteiger partial charge < -0.3 is 0 Å². The molecule has 0 aliphatic heterocycles. The third-order valence-corrected chi connectivity index (χ3v) is 3.92. The van der Waals surface area contributed by atoms with Gasteiger partial charge in [0, 0.05) is 4.47 Å². The summed E-state index contributed by atoms with van der Waals surface area (Å²) in [5.74, 6) is -0.480. The van der Waals surface area contributed by atoms with E-state index in [2.05, 4.69) is 41.0 Å². The molecule has 0 radical (unpaired) electrons. The quantitative estimate of drug-likeness (QED) is 0.628. The zero-order valence-corrected chi connectivity index (χ0v) is 13.1. The highest BCUT2D eigenvalue weighted by Gasteiger charge is 2.16. The van der Waals surface area contributed by atoms with Gasteiger partial charge in [-0.25, -0.2) is 9.37 Å². The molecule has 0 unspecified atom stereocenters. The van der Waals surface area contributed by atoms with E-state index in [9.17, 15) is 4.39 Å². The molecule has 0 aliphatic rings. The van der Waals surface area contributed by atoms with Crippen LogP contribution in [0.15, 0.2) is 29.3 Å². The summed E-state index contributed by atoms with van der Waals surface area (Å²) < 4.78 is 15.9. The van der Waals surface area contributed by atoms with Gasteiger partial charge >= 0.3 is 0 Å². The van der Waals surface area contributed by atoms with Crippen molar-refractivity contribution in [3.63, 3.8) is 0 Å². The summed E-state index contributed by atoms with van der Waals surface area (Å²) >= 11 is 14.8. The summed E-state index contributed by atoms with van der Waals surface area (Å²) in [7, 11) is 0. The van der Waals surface area contributed by atoms with E-state index in [1.54, 1.807) is 6.07 Å². The van der Waals surface area contributed by atoms with Crippen LogP contribution in [0.5, 0.6) is 0 Å². The second-order valence-corrected chi connectivity index (χ2v) is 5.36. The van der Waals surface area contributed by atoms with E-state index < -0.39 is 5.82 Å². The monoisotopic (exact) mass is 388 g/mol.